The quantitative estimate of drug-likeness (QED) is 0.157. The van der Waals surface area contributed by atoms with Crippen LogP contribution in [-0.4, -0.2) is 0 Å². The maximum atomic E-state index is 7.31. The minimum atomic E-state index is -0.647. The molecule has 0 saturated heterocycles. The van der Waals surface area contributed by atoms with Gasteiger partial charge in [0, 0.05) is 33.1 Å². The molecule has 1 atom stereocenters. The Kier molecular flexibility index (Phi) is 8.08. The number of hydrogen-bond acceptors (Lipinski definition) is 1. The largest absolute Gasteiger partial charge is 0.455 e. The summed E-state index contributed by atoms with van der Waals surface area (Å²) in [6, 6.07) is 79.2. The fourth-order valence-corrected chi connectivity index (χ4v) is 13.1. The first kappa shape index (κ1) is 39.2. The molecule has 10 aromatic rings. The van der Waals surface area contributed by atoms with Crippen LogP contribution in [0.1, 0.15) is 88.9 Å². The Balaban J connectivity index is 1.07. The normalized spacial score (nSPS) is 16.9. The smallest absolute Gasteiger partial charge is 0.142 e. The van der Waals surface area contributed by atoms with Gasteiger partial charge >= 0.3 is 0 Å². The second-order valence-corrected chi connectivity index (χ2v) is 20.3. The van der Waals surface area contributed by atoms with Crippen LogP contribution in [0.2, 0.25) is 0 Å². The second-order valence-electron chi connectivity index (χ2n) is 20.3. The topological polar surface area (TPSA) is 13.1 Å². The molecule has 1 nitrogen and oxygen atoms in total. The van der Waals surface area contributed by atoms with Gasteiger partial charge in [-0.2, -0.15) is 0 Å². The predicted molar refractivity (Wildman–Crippen MR) is 281 cm³/mol. The average Bonchev–Trinajstić information content (AvgIpc) is 4.13. The van der Waals surface area contributed by atoms with Crippen molar-refractivity contribution in [2.75, 3.05) is 0 Å². The fraction of sp³-hybridized carbons (Fsp3) is 0.104. The van der Waals surface area contributed by atoms with E-state index < -0.39 is 5.41 Å². The summed E-state index contributed by atoms with van der Waals surface area (Å²) in [5.74, 6) is 1.83. The van der Waals surface area contributed by atoms with Gasteiger partial charge in [-0.3, -0.25) is 0 Å². The van der Waals surface area contributed by atoms with E-state index in [9.17, 15) is 0 Å². The summed E-state index contributed by atoms with van der Waals surface area (Å²) in [5.41, 5.74) is 26.9. The van der Waals surface area contributed by atoms with Crippen molar-refractivity contribution in [3.63, 3.8) is 0 Å². The molecule has 0 fully saturated rings. The van der Waals surface area contributed by atoms with Gasteiger partial charge in [-0.15, -0.1) is 0 Å². The molecule has 1 heteroatoms. The van der Waals surface area contributed by atoms with Crippen molar-refractivity contribution in [1.29, 1.82) is 0 Å². The zero-order valence-corrected chi connectivity index (χ0v) is 38.7. The average molecular weight is 869 g/mol. The van der Waals surface area contributed by atoms with Crippen LogP contribution in [0.4, 0.5) is 0 Å². The molecule has 1 aromatic heterocycles. The first-order valence-corrected chi connectivity index (χ1v) is 24.1. The summed E-state index contributed by atoms with van der Waals surface area (Å²) in [6.07, 6.45) is 2.48. The molecule has 0 radical (unpaired) electrons. The number of benzene rings is 9. The van der Waals surface area contributed by atoms with Gasteiger partial charge in [0.05, 0.1) is 5.41 Å². The summed E-state index contributed by atoms with van der Waals surface area (Å²) in [4.78, 5) is 0. The van der Waals surface area contributed by atoms with Crippen LogP contribution in [0, 0.1) is 0 Å². The van der Waals surface area contributed by atoms with Crippen molar-refractivity contribution in [1.82, 2.24) is 0 Å². The van der Waals surface area contributed by atoms with E-state index in [1.165, 1.54) is 111 Å². The van der Waals surface area contributed by atoms with E-state index in [1.54, 1.807) is 0 Å². The molecule has 0 N–H and O–H groups in total. The summed E-state index contributed by atoms with van der Waals surface area (Å²) >= 11 is 0. The zero-order chi connectivity index (χ0) is 45.5. The minimum absolute atomic E-state index is 0.119. The van der Waals surface area contributed by atoms with Crippen molar-refractivity contribution >= 4 is 11.6 Å². The van der Waals surface area contributed by atoms with Crippen LogP contribution in [0.3, 0.4) is 0 Å². The van der Waals surface area contributed by atoms with E-state index in [4.69, 9.17) is 4.42 Å². The summed E-state index contributed by atoms with van der Waals surface area (Å²) in [5, 5.41) is 0. The number of hydrogen-bond donors (Lipinski definition) is 0. The Bertz CT molecular complexity index is 3780. The first-order chi connectivity index (χ1) is 33.3. The molecule has 1 heterocycles. The third-order valence-corrected chi connectivity index (χ3v) is 16.1. The molecule has 0 saturated carbocycles. The number of rotatable bonds is 5. The molecule has 4 aliphatic carbocycles. The molecule has 9 aromatic carbocycles. The maximum Gasteiger partial charge on any atom is 0.142 e. The maximum absolute atomic E-state index is 7.31. The van der Waals surface area contributed by atoms with Gasteiger partial charge in [0.25, 0.3) is 0 Å². The van der Waals surface area contributed by atoms with Crippen molar-refractivity contribution in [3.8, 4) is 67.2 Å². The zero-order valence-electron chi connectivity index (χ0n) is 38.7. The van der Waals surface area contributed by atoms with Gasteiger partial charge in [-0.1, -0.05) is 234 Å². The van der Waals surface area contributed by atoms with Crippen LogP contribution in [0.5, 0.6) is 0 Å². The molecule has 68 heavy (non-hydrogen) atoms. The molecule has 0 amide bonds. The Hall–Kier alpha value is -8.00. The SMILES string of the molecule is CC1(C)c2ccccc2-c2ccc(/C=C(\c3ccc4c(c3)C(C)(C)c3ccccc3-4)c3cccc4c3-c3ccccc3C43c4ccccc4-c4c(-c5ccccc5)oc(-c5ccccc5)c43)cc21. The highest BCUT2D eigenvalue weighted by Gasteiger charge is 2.56. The second kappa shape index (κ2) is 14.0. The van der Waals surface area contributed by atoms with Gasteiger partial charge in [-0.25, -0.2) is 0 Å². The third kappa shape index (κ3) is 5.11. The van der Waals surface area contributed by atoms with Gasteiger partial charge < -0.3 is 4.42 Å². The fourth-order valence-electron chi connectivity index (χ4n) is 13.1. The van der Waals surface area contributed by atoms with Crippen LogP contribution < -0.4 is 0 Å². The van der Waals surface area contributed by atoms with Crippen LogP contribution in [0.25, 0.3) is 78.8 Å². The summed E-state index contributed by atoms with van der Waals surface area (Å²) in [6.45, 7) is 9.53. The Morgan fingerprint density at radius 3 is 1.46 bits per heavy atom. The molecular weight excluding hydrogens is 821 g/mol. The monoisotopic (exact) mass is 868 g/mol. The van der Waals surface area contributed by atoms with Crippen molar-refractivity contribution < 1.29 is 4.42 Å². The molecule has 4 aliphatic rings. The Labute approximate surface area is 398 Å². The standard InChI is InChI=1S/C67H48O/c1-65(2)53-29-15-11-24-45(53)47-36-34-41(39-58(47)65)38-52(44-35-37-48-46-25-12-16-30-54(46)66(3,4)59(48)40-44)49-28-19-33-57-60(49)50-26-13-17-31-55(50)67(57)56-32-18-14-27-51(56)61-62(67)64(43-22-9-6-10-23-43)68-63(61)42-20-7-5-8-21-42/h5-40H,1-4H3/b52-38+. The molecule has 1 spiro atoms. The van der Waals surface area contributed by atoms with Gasteiger partial charge in [0.15, 0.2) is 0 Å². The van der Waals surface area contributed by atoms with E-state index in [2.05, 4.69) is 246 Å². The van der Waals surface area contributed by atoms with E-state index in [0.717, 1.165) is 22.6 Å². The Morgan fingerprint density at radius 1 is 0.368 bits per heavy atom. The minimum Gasteiger partial charge on any atom is -0.455 e. The highest BCUT2D eigenvalue weighted by molar-refractivity contribution is 6.06. The first-order valence-electron chi connectivity index (χ1n) is 24.1. The van der Waals surface area contributed by atoms with Crippen LogP contribution >= 0.6 is 0 Å². The summed E-state index contributed by atoms with van der Waals surface area (Å²) in [7, 11) is 0. The summed E-state index contributed by atoms with van der Waals surface area (Å²) < 4.78 is 7.31. The van der Waals surface area contributed by atoms with Crippen molar-refractivity contribution in [2.45, 2.75) is 43.9 Å². The molecule has 0 aliphatic heterocycles. The lowest BCUT2D eigenvalue weighted by molar-refractivity contribution is 0.588. The lowest BCUT2D eigenvalue weighted by Crippen LogP contribution is -2.26. The molecule has 1 unspecified atom stereocenters. The van der Waals surface area contributed by atoms with Crippen molar-refractivity contribution in [3.05, 3.63) is 274 Å². The van der Waals surface area contributed by atoms with Gasteiger partial charge in [-0.05, 0) is 112 Å². The highest BCUT2D eigenvalue weighted by atomic mass is 16.3. The van der Waals surface area contributed by atoms with Gasteiger partial charge in [0.2, 0.25) is 0 Å². The number of fused-ring (bicyclic) bond motifs is 16. The predicted octanol–water partition coefficient (Wildman–Crippen LogP) is 17.2. The number of furan rings is 1. The van der Waals surface area contributed by atoms with E-state index in [1.807, 2.05) is 0 Å². The molecular formula is C67H48O. The van der Waals surface area contributed by atoms with E-state index in [0.29, 0.717) is 0 Å². The molecule has 322 valence electrons. The third-order valence-electron chi connectivity index (χ3n) is 16.1. The molecule has 0 bridgehead atoms. The van der Waals surface area contributed by atoms with Crippen molar-refractivity contribution in [2.24, 2.45) is 0 Å². The van der Waals surface area contributed by atoms with E-state index >= 15 is 0 Å². The lowest BCUT2D eigenvalue weighted by Gasteiger charge is -2.30. The van der Waals surface area contributed by atoms with Crippen LogP contribution in [0.15, 0.2) is 217 Å². The molecule has 14 rings (SSSR count). The van der Waals surface area contributed by atoms with Crippen LogP contribution in [-0.2, 0) is 16.2 Å². The van der Waals surface area contributed by atoms with E-state index in [-0.39, 0.29) is 10.8 Å². The Morgan fingerprint density at radius 2 is 0.838 bits per heavy atom. The highest BCUT2D eigenvalue weighted by Crippen LogP contribution is 2.68. The van der Waals surface area contributed by atoms with Gasteiger partial charge in [0.1, 0.15) is 11.5 Å². The lowest BCUT2D eigenvalue weighted by atomic mass is 9.69.